The molecule has 2 rings (SSSR count). The first-order valence-corrected chi connectivity index (χ1v) is 6.24. The smallest absolute Gasteiger partial charge is 0.726 e. The van der Waals surface area contributed by atoms with Gasteiger partial charge in [0.1, 0.15) is 0 Å². The number of hydrogen-bond acceptors (Lipinski definition) is 4. The maximum Gasteiger partial charge on any atom is 2.00 e. The molecule has 0 aromatic heterocycles. The molecule has 0 saturated carbocycles. The minimum atomic E-state index is -4.92. The van der Waals surface area contributed by atoms with Crippen molar-refractivity contribution in [2.75, 3.05) is 5.73 Å². The van der Waals surface area contributed by atoms with E-state index in [2.05, 4.69) is 6.07 Å². The van der Waals surface area contributed by atoms with Gasteiger partial charge in [-0.25, -0.2) is 8.42 Å². The van der Waals surface area contributed by atoms with E-state index in [-0.39, 0.29) is 20.4 Å². The fourth-order valence-electron chi connectivity index (χ4n) is 1.30. The molecule has 2 aromatic carbocycles. The van der Waals surface area contributed by atoms with Gasteiger partial charge in [0, 0.05) is 0 Å². The van der Waals surface area contributed by atoms with Gasteiger partial charge in [0.2, 0.25) is 10.4 Å². The first-order chi connectivity index (χ1) is 8.38. The molecule has 0 fully saturated rings. The Labute approximate surface area is 125 Å². The quantitative estimate of drug-likeness (QED) is 0.261. The molecular formula is C12H11NO4PdS. The minimum absolute atomic E-state index is 0. The maximum atomic E-state index is 8.63. The van der Waals surface area contributed by atoms with Crippen LogP contribution in [0.4, 0.5) is 5.69 Å². The van der Waals surface area contributed by atoms with Crippen molar-refractivity contribution in [3.8, 4) is 11.1 Å². The van der Waals surface area contributed by atoms with E-state index in [0.717, 1.165) is 16.8 Å². The van der Waals surface area contributed by atoms with Crippen LogP contribution in [0.3, 0.4) is 0 Å². The Morgan fingerprint density at radius 3 is 2.11 bits per heavy atom. The molecule has 0 amide bonds. The van der Waals surface area contributed by atoms with Crippen LogP contribution in [-0.2, 0) is 30.8 Å². The third-order valence-electron chi connectivity index (χ3n) is 1.96. The molecule has 0 saturated heterocycles. The Kier molecular flexibility index (Phi) is 7.53. The molecule has 0 radical (unpaired) electrons. The molecule has 0 aliphatic rings. The second-order valence-corrected chi connectivity index (χ2v) is 4.15. The van der Waals surface area contributed by atoms with Crippen molar-refractivity contribution in [1.29, 1.82) is 0 Å². The molecule has 5 nitrogen and oxygen atoms in total. The molecule has 104 valence electrons. The summed E-state index contributed by atoms with van der Waals surface area (Å²) in [5.74, 6) is 0. The van der Waals surface area contributed by atoms with Gasteiger partial charge in [-0.2, -0.15) is 0 Å². The third kappa shape index (κ3) is 7.72. The van der Waals surface area contributed by atoms with Crippen molar-refractivity contribution in [2.45, 2.75) is 0 Å². The van der Waals surface area contributed by atoms with E-state index in [1.165, 1.54) is 0 Å². The molecular weight excluding hydrogens is 361 g/mol. The first-order valence-electron chi connectivity index (χ1n) is 4.88. The summed E-state index contributed by atoms with van der Waals surface area (Å²) >= 11 is 0. The van der Waals surface area contributed by atoms with E-state index in [4.69, 9.17) is 23.3 Å². The summed E-state index contributed by atoms with van der Waals surface area (Å²) in [6.45, 7) is 0. The van der Waals surface area contributed by atoms with Gasteiger partial charge in [0.25, 0.3) is 0 Å². The Balaban J connectivity index is 0.000000471. The molecule has 0 atom stereocenters. The van der Waals surface area contributed by atoms with Crippen LogP contribution in [0.1, 0.15) is 0 Å². The van der Waals surface area contributed by atoms with Gasteiger partial charge in [0.05, 0.1) is 0 Å². The number of hydrogen-bond donors (Lipinski definition) is 2. The van der Waals surface area contributed by atoms with Crippen molar-refractivity contribution < 1.29 is 37.9 Å². The molecule has 0 aliphatic carbocycles. The second-order valence-electron chi connectivity index (χ2n) is 3.29. The van der Waals surface area contributed by atoms with Crippen molar-refractivity contribution >= 4 is 16.1 Å². The number of nitrogen functional groups attached to an aromatic ring is 1. The van der Waals surface area contributed by atoms with Gasteiger partial charge in [-0.3, -0.25) is 4.55 Å². The maximum absolute atomic E-state index is 8.63. The summed E-state index contributed by atoms with van der Waals surface area (Å²) in [5, 5.41) is 0. The second kappa shape index (κ2) is 8.05. The molecule has 0 unspecified atom stereocenters. The van der Waals surface area contributed by atoms with Crippen molar-refractivity contribution in [1.82, 2.24) is 0 Å². The van der Waals surface area contributed by atoms with Crippen molar-refractivity contribution in [2.24, 2.45) is 0 Å². The standard InChI is InChI=1S/C12H10N.H2O4S.Pd/c13-12-9-5-4-8-11(12)10-6-2-1-3-7-10;1-5(2,3)4;/h1-6,8-9H,13H2;(H2,1,2,3,4);/q-1;;+2/p-1. The number of nitrogens with two attached hydrogens (primary N) is 1. The largest absolute Gasteiger partial charge is 2.00 e. The fourth-order valence-corrected chi connectivity index (χ4v) is 1.30. The van der Waals surface area contributed by atoms with Crippen LogP contribution >= 0.6 is 0 Å². The summed E-state index contributed by atoms with van der Waals surface area (Å²) in [4.78, 5) is 0. The molecule has 7 heteroatoms. The van der Waals surface area contributed by atoms with Crippen LogP contribution in [0.5, 0.6) is 0 Å². The Morgan fingerprint density at radius 1 is 1.11 bits per heavy atom. The third-order valence-corrected chi connectivity index (χ3v) is 1.96. The number of para-hydroxylation sites is 1. The van der Waals surface area contributed by atoms with E-state index in [0.29, 0.717) is 0 Å². The Hall–Kier alpha value is -1.23. The average Bonchev–Trinajstić information content (AvgIpc) is 2.29. The summed E-state index contributed by atoms with van der Waals surface area (Å²) in [7, 11) is -4.92. The van der Waals surface area contributed by atoms with Crippen LogP contribution in [0.15, 0.2) is 48.5 Å². The van der Waals surface area contributed by atoms with Crippen LogP contribution in [0, 0.1) is 6.07 Å². The zero-order chi connectivity index (χ0) is 13.6. The summed E-state index contributed by atoms with van der Waals surface area (Å²) < 4.78 is 32.8. The van der Waals surface area contributed by atoms with Gasteiger partial charge in [0.15, 0.2) is 0 Å². The SMILES string of the molecule is Nc1ccccc1-c1[c-]cccc1.O=S(=O)([O-])O.[Pd+2]. The van der Waals surface area contributed by atoms with E-state index < -0.39 is 10.4 Å². The van der Waals surface area contributed by atoms with Gasteiger partial charge in [-0.05, 0) is 11.8 Å². The summed E-state index contributed by atoms with van der Waals surface area (Å²) in [6.07, 6.45) is 0. The van der Waals surface area contributed by atoms with Gasteiger partial charge < -0.3 is 10.3 Å². The predicted molar refractivity (Wildman–Crippen MR) is 67.5 cm³/mol. The Morgan fingerprint density at radius 2 is 1.63 bits per heavy atom. The molecule has 0 spiro atoms. The van der Waals surface area contributed by atoms with Gasteiger partial charge in [-0.1, -0.05) is 23.8 Å². The topological polar surface area (TPSA) is 103 Å². The summed E-state index contributed by atoms with van der Waals surface area (Å²) in [5.41, 5.74) is 8.72. The monoisotopic (exact) mass is 371 g/mol. The number of anilines is 1. The molecule has 0 heterocycles. The van der Waals surface area contributed by atoms with E-state index >= 15 is 0 Å². The normalized spacial score (nSPS) is 9.79. The fraction of sp³-hybridized carbons (Fsp3) is 0. The van der Waals surface area contributed by atoms with Gasteiger partial charge in [-0.15, -0.1) is 35.9 Å². The molecule has 0 aliphatic heterocycles. The minimum Gasteiger partial charge on any atom is -0.726 e. The van der Waals surface area contributed by atoms with Crippen molar-refractivity contribution in [3.63, 3.8) is 0 Å². The van der Waals surface area contributed by atoms with Crippen molar-refractivity contribution in [3.05, 3.63) is 54.6 Å². The molecule has 0 bridgehead atoms. The molecule has 3 N–H and O–H groups in total. The predicted octanol–water partition coefficient (Wildman–Crippen LogP) is 1.74. The molecule has 19 heavy (non-hydrogen) atoms. The van der Waals surface area contributed by atoms with Crippen LogP contribution in [0.25, 0.3) is 11.1 Å². The van der Waals surface area contributed by atoms with E-state index in [1.54, 1.807) is 0 Å². The van der Waals surface area contributed by atoms with Gasteiger partial charge >= 0.3 is 20.4 Å². The average molecular weight is 372 g/mol. The van der Waals surface area contributed by atoms with Crippen LogP contribution < -0.4 is 5.73 Å². The van der Waals surface area contributed by atoms with E-state index in [9.17, 15) is 0 Å². The zero-order valence-electron chi connectivity index (χ0n) is 9.59. The Bertz CT molecular complexity index is 594. The van der Waals surface area contributed by atoms with E-state index in [1.807, 2.05) is 48.5 Å². The summed E-state index contributed by atoms with van der Waals surface area (Å²) in [6, 6.07) is 18.8. The first kappa shape index (κ1) is 17.8. The number of rotatable bonds is 1. The molecule has 2 aromatic rings. The van der Waals surface area contributed by atoms with Crippen LogP contribution in [-0.4, -0.2) is 17.5 Å². The van der Waals surface area contributed by atoms with Crippen LogP contribution in [0.2, 0.25) is 0 Å². The number of benzene rings is 2. The zero-order valence-corrected chi connectivity index (χ0v) is 12.0.